The van der Waals surface area contributed by atoms with Crippen LogP contribution in [-0.4, -0.2) is 47.4 Å². The first-order valence-electron chi connectivity index (χ1n) is 10.5. The van der Waals surface area contributed by atoms with Crippen LogP contribution < -0.4 is 0 Å². The third-order valence-electron chi connectivity index (χ3n) is 5.30. The Hall–Kier alpha value is -2.39. The van der Waals surface area contributed by atoms with Crippen LogP contribution in [0.2, 0.25) is 0 Å². The normalized spacial score (nSPS) is 22.2. The number of amides is 1. The van der Waals surface area contributed by atoms with Crippen molar-refractivity contribution in [2.75, 3.05) is 19.7 Å². The number of allylic oxidation sites excluding steroid dienone is 9. The van der Waals surface area contributed by atoms with Crippen molar-refractivity contribution in [2.24, 2.45) is 0 Å². The van der Waals surface area contributed by atoms with Crippen LogP contribution in [0.25, 0.3) is 0 Å². The minimum atomic E-state index is -4.59. The van der Waals surface area contributed by atoms with Crippen LogP contribution in [0.15, 0.2) is 71.2 Å². The molecule has 2 aliphatic carbocycles. The number of hydrogen-bond donors (Lipinski definition) is 1. The largest absolute Gasteiger partial charge is 0.572 e. The van der Waals surface area contributed by atoms with Gasteiger partial charge in [0.2, 0.25) is 0 Å². The number of thiol groups is 1. The van der Waals surface area contributed by atoms with Gasteiger partial charge < -0.3 is 9.47 Å². The molecule has 2 saturated heterocycles. The molecule has 0 saturated carbocycles. The van der Waals surface area contributed by atoms with Crippen LogP contribution in [0.4, 0.5) is 18.0 Å². The Morgan fingerprint density at radius 2 is 1.91 bits per heavy atom. The third-order valence-corrected chi connectivity index (χ3v) is 5.70. The van der Waals surface area contributed by atoms with E-state index < -0.39 is 6.36 Å². The average Bonchev–Trinajstić information content (AvgIpc) is 3.08. The molecule has 5 nitrogen and oxygen atoms in total. The average molecular weight is 469 g/mol. The number of ether oxygens (including phenoxy) is 2. The number of cyclic esters (lactones) is 1. The smallest absolute Gasteiger partial charge is 0.444 e. The summed E-state index contributed by atoms with van der Waals surface area (Å²) in [7, 11) is 0. The van der Waals surface area contributed by atoms with Crippen molar-refractivity contribution in [1.29, 1.82) is 0 Å². The van der Waals surface area contributed by atoms with E-state index in [1.165, 1.54) is 17.7 Å². The van der Waals surface area contributed by atoms with Gasteiger partial charge in [0.05, 0.1) is 5.70 Å². The second kappa shape index (κ2) is 11.0. The molecule has 0 aromatic carbocycles. The third kappa shape index (κ3) is 7.06. The second-order valence-corrected chi connectivity index (χ2v) is 8.32. The Morgan fingerprint density at radius 1 is 1.16 bits per heavy atom. The number of carbonyl (C=O) groups excluding carboxylic acids is 1. The first-order valence-corrected chi connectivity index (χ1v) is 10.9. The van der Waals surface area contributed by atoms with Crippen molar-refractivity contribution >= 4 is 18.9 Å². The van der Waals surface area contributed by atoms with Crippen molar-refractivity contribution in [3.8, 4) is 0 Å². The minimum absolute atomic E-state index is 0.0903. The van der Waals surface area contributed by atoms with Crippen LogP contribution in [-0.2, 0) is 9.47 Å². The van der Waals surface area contributed by atoms with Gasteiger partial charge in [-0.05, 0) is 32.3 Å². The highest BCUT2D eigenvalue weighted by atomic mass is 32.1. The molecule has 4 aliphatic rings. The quantitative estimate of drug-likeness (QED) is 0.518. The molecule has 174 valence electrons. The summed E-state index contributed by atoms with van der Waals surface area (Å²) >= 11 is 4.37. The van der Waals surface area contributed by atoms with Crippen LogP contribution in [0, 0.1) is 0 Å². The van der Waals surface area contributed by atoms with Gasteiger partial charge in [-0.2, -0.15) is 0 Å². The van der Waals surface area contributed by atoms with Crippen LogP contribution >= 0.6 is 12.8 Å². The molecule has 0 atom stereocenters. The van der Waals surface area contributed by atoms with E-state index in [0.717, 1.165) is 43.6 Å². The summed E-state index contributed by atoms with van der Waals surface area (Å²) in [5.74, 6) is -0.0903. The monoisotopic (exact) mass is 468 g/mol. The zero-order valence-corrected chi connectivity index (χ0v) is 18.7. The number of rotatable bonds is 2. The number of piperidine rings is 1. The molecular formula is C23H27F3N2O3S. The van der Waals surface area contributed by atoms with E-state index in [1.807, 2.05) is 9.21 Å². The highest BCUT2D eigenvalue weighted by molar-refractivity contribution is 7.77. The van der Waals surface area contributed by atoms with Crippen LogP contribution in [0.1, 0.15) is 32.6 Å². The lowest BCUT2D eigenvalue weighted by Crippen LogP contribution is -2.48. The molecule has 0 spiro atoms. The summed E-state index contributed by atoms with van der Waals surface area (Å²) in [6.07, 6.45) is 12.3. The lowest BCUT2D eigenvalue weighted by Gasteiger charge is -2.40. The van der Waals surface area contributed by atoms with Crippen molar-refractivity contribution in [3.63, 3.8) is 0 Å². The fourth-order valence-electron chi connectivity index (χ4n) is 3.81. The zero-order chi connectivity index (χ0) is 23.1. The van der Waals surface area contributed by atoms with Crippen molar-refractivity contribution in [3.05, 3.63) is 71.2 Å². The molecule has 2 heterocycles. The van der Waals surface area contributed by atoms with Gasteiger partial charge in [0.25, 0.3) is 0 Å². The van der Waals surface area contributed by atoms with Crippen LogP contribution in [0.5, 0.6) is 0 Å². The predicted octanol–water partition coefficient (Wildman–Crippen LogP) is 5.83. The maximum absolute atomic E-state index is 12.2. The lowest BCUT2D eigenvalue weighted by atomic mass is 10.0. The molecule has 0 aromatic heterocycles. The van der Waals surface area contributed by atoms with E-state index >= 15 is 0 Å². The number of nitrogens with zero attached hydrogens (tertiary/aromatic N) is 2. The summed E-state index contributed by atoms with van der Waals surface area (Å²) < 4.78 is 46.1. The highest BCUT2D eigenvalue weighted by Gasteiger charge is 2.35. The zero-order valence-electron chi connectivity index (χ0n) is 17.8. The highest BCUT2D eigenvalue weighted by Crippen LogP contribution is 2.32. The van der Waals surface area contributed by atoms with E-state index in [-0.39, 0.29) is 24.3 Å². The van der Waals surface area contributed by atoms with Gasteiger partial charge in [0.1, 0.15) is 12.4 Å². The molecule has 0 unspecified atom stereocenters. The molecule has 1 amide bonds. The lowest BCUT2D eigenvalue weighted by molar-refractivity contribution is -0.305. The number of alkyl halides is 3. The van der Waals surface area contributed by atoms with Crippen LogP contribution in [0.3, 0.4) is 0 Å². The molecule has 4 rings (SSSR count). The van der Waals surface area contributed by atoms with Crippen molar-refractivity contribution in [2.45, 2.75) is 45.0 Å². The van der Waals surface area contributed by atoms with E-state index in [4.69, 9.17) is 4.74 Å². The summed E-state index contributed by atoms with van der Waals surface area (Å²) in [5.41, 5.74) is 3.39. The minimum Gasteiger partial charge on any atom is -0.444 e. The Kier molecular flexibility index (Phi) is 8.31. The van der Waals surface area contributed by atoms with Crippen molar-refractivity contribution < 1.29 is 27.4 Å². The molecule has 2 aliphatic heterocycles. The number of hydrogen-bond acceptors (Lipinski definition) is 5. The topological polar surface area (TPSA) is 42.0 Å². The maximum atomic E-state index is 12.2. The standard InChI is InChI=1S/C15H20N2O2S.C8H7F3O/c1-11-3-2-4-14-12(9-11)10-19-15(18)17(14)13-5-7-16(20)8-6-13;9-8(10,11)12-7-5-3-1-2-4-6-7/h3-4,9,13,20H,2,5-8,10H2,1H3;1-5H,6H2. The van der Waals surface area contributed by atoms with E-state index in [1.54, 1.807) is 18.2 Å². The van der Waals surface area contributed by atoms with Gasteiger partial charge in [0.15, 0.2) is 0 Å². The van der Waals surface area contributed by atoms with E-state index in [2.05, 4.69) is 42.7 Å². The summed E-state index contributed by atoms with van der Waals surface area (Å²) in [6.45, 7) is 4.28. The molecule has 9 heteroatoms. The molecular weight excluding hydrogens is 441 g/mol. The van der Waals surface area contributed by atoms with E-state index in [0.29, 0.717) is 6.61 Å². The molecule has 0 radical (unpaired) electrons. The SMILES string of the molecule is CC1=CCC=C2C(=C1)COC(=O)N2C1CCN(S)CC1.FC(F)(F)OC1=CC=CC=CC1. The second-order valence-electron chi connectivity index (χ2n) is 7.75. The van der Waals surface area contributed by atoms with Crippen molar-refractivity contribution in [1.82, 2.24) is 9.21 Å². The Morgan fingerprint density at radius 3 is 2.62 bits per heavy atom. The number of fused-ring (bicyclic) bond motifs is 1. The molecule has 32 heavy (non-hydrogen) atoms. The Balaban J connectivity index is 0.000000207. The fourth-order valence-corrected chi connectivity index (χ4v) is 4.04. The first-order chi connectivity index (χ1) is 15.2. The molecule has 0 N–H and O–H groups in total. The summed E-state index contributed by atoms with van der Waals surface area (Å²) in [6, 6.07) is 0.222. The predicted molar refractivity (Wildman–Crippen MR) is 119 cm³/mol. The van der Waals surface area contributed by atoms with Gasteiger partial charge in [-0.1, -0.05) is 60.9 Å². The Bertz CT molecular complexity index is 879. The number of halogens is 3. The number of carbonyl (C=O) groups is 1. The van der Waals surface area contributed by atoms with Gasteiger partial charge in [-0.25, -0.2) is 4.79 Å². The maximum Gasteiger partial charge on any atom is 0.572 e. The summed E-state index contributed by atoms with van der Waals surface area (Å²) in [5, 5.41) is 0. The fraction of sp³-hybridized carbons (Fsp3) is 0.435. The first kappa shape index (κ1) is 24.3. The molecule has 0 bridgehead atoms. The van der Waals surface area contributed by atoms with Gasteiger partial charge >= 0.3 is 12.5 Å². The summed E-state index contributed by atoms with van der Waals surface area (Å²) in [4.78, 5) is 14.1. The van der Waals surface area contributed by atoms with E-state index in [9.17, 15) is 18.0 Å². The van der Waals surface area contributed by atoms with Gasteiger partial charge in [-0.15, -0.1) is 13.2 Å². The molecule has 2 fully saturated rings. The Labute approximate surface area is 191 Å². The molecule has 0 aromatic rings. The van der Waals surface area contributed by atoms with Gasteiger partial charge in [0, 0.05) is 31.1 Å². The van der Waals surface area contributed by atoms with Gasteiger partial charge in [-0.3, -0.25) is 9.21 Å².